The van der Waals surface area contributed by atoms with Crippen LogP contribution in [0.4, 0.5) is 0 Å². The topological polar surface area (TPSA) is 111 Å². The first-order valence-electron chi connectivity index (χ1n) is 9.00. The Balaban J connectivity index is 1.62. The number of oxazole rings is 1. The number of hydrogen-bond acceptors (Lipinski definition) is 7. The monoisotopic (exact) mass is 396 g/mol. The molecule has 0 fully saturated rings. The van der Waals surface area contributed by atoms with Gasteiger partial charge in [0.15, 0.2) is 12.2 Å². The summed E-state index contributed by atoms with van der Waals surface area (Å²) in [5, 5.41) is 0. The third kappa shape index (κ3) is 4.43. The molecule has 1 N–H and O–H groups in total. The van der Waals surface area contributed by atoms with Crippen molar-refractivity contribution in [1.29, 1.82) is 0 Å². The van der Waals surface area contributed by atoms with Crippen LogP contribution >= 0.6 is 0 Å². The summed E-state index contributed by atoms with van der Waals surface area (Å²) < 4.78 is 15.4. The zero-order valence-corrected chi connectivity index (χ0v) is 16.3. The minimum atomic E-state index is -0.716. The number of nitrogens with zero attached hydrogens (tertiary/aromatic N) is 1. The number of Topliss-reactive ketones (excluding diaryl/α,β-unsaturated/α-hetero) is 1. The molecule has 0 unspecified atom stereocenters. The molecule has 0 radical (unpaired) electrons. The second-order valence-corrected chi connectivity index (χ2v) is 6.23. The molecule has 2 heterocycles. The van der Waals surface area contributed by atoms with Crippen molar-refractivity contribution in [2.45, 2.75) is 20.8 Å². The van der Waals surface area contributed by atoms with Crippen molar-refractivity contribution < 1.29 is 28.3 Å². The molecule has 0 bridgehead atoms. The number of nitrogens with one attached hydrogen (secondary N) is 1. The van der Waals surface area contributed by atoms with Crippen molar-refractivity contribution in [3.05, 3.63) is 58.7 Å². The van der Waals surface area contributed by atoms with E-state index in [9.17, 15) is 14.4 Å². The number of rotatable bonds is 7. The molecule has 0 aliphatic rings. The van der Waals surface area contributed by atoms with E-state index < -0.39 is 24.3 Å². The number of para-hydroxylation sites is 2. The average Bonchev–Trinajstić information content (AvgIpc) is 3.24. The number of carbonyl (C=O) groups is 3. The number of carbonyl (C=O) groups excluding carboxylic acids is 3. The lowest BCUT2D eigenvalue weighted by Crippen LogP contribution is -2.14. The zero-order valence-electron chi connectivity index (χ0n) is 16.3. The molecule has 150 valence electrons. The van der Waals surface area contributed by atoms with Crippen LogP contribution in [0.1, 0.15) is 44.9 Å². The minimum absolute atomic E-state index is 0.210. The summed E-state index contributed by atoms with van der Waals surface area (Å²) in [6, 6.07) is 7.20. The van der Waals surface area contributed by atoms with E-state index in [-0.39, 0.29) is 18.2 Å². The molecule has 0 saturated carbocycles. The molecule has 29 heavy (non-hydrogen) atoms. The van der Waals surface area contributed by atoms with Gasteiger partial charge < -0.3 is 18.9 Å². The van der Waals surface area contributed by atoms with Crippen molar-refractivity contribution in [3.8, 4) is 0 Å². The number of aromatic amines is 1. The van der Waals surface area contributed by atoms with Gasteiger partial charge in [0.05, 0.1) is 17.9 Å². The van der Waals surface area contributed by atoms with Gasteiger partial charge in [-0.2, -0.15) is 0 Å². The van der Waals surface area contributed by atoms with Gasteiger partial charge in [-0.1, -0.05) is 12.1 Å². The molecule has 2 aromatic heterocycles. The molecule has 0 aliphatic carbocycles. The summed E-state index contributed by atoms with van der Waals surface area (Å²) in [6.07, 6.45) is 2.50. The maximum atomic E-state index is 12.4. The van der Waals surface area contributed by atoms with E-state index in [1.165, 1.54) is 6.08 Å². The van der Waals surface area contributed by atoms with Crippen LogP contribution in [0.2, 0.25) is 0 Å². The molecule has 0 saturated heterocycles. The first kappa shape index (κ1) is 20.1. The third-order valence-corrected chi connectivity index (χ3v) is 4.21. The molecule has 0 atom stereocenters. The molecule has 0 amide bonds. The SMILES string of the molecule is CCOC(=O)c1c(C)[nH]c(C(=O)COC(=O)/C=C/c2nc3ccccc3o2)c1C. The fraction of sp³-hybridized carbons (Fsp3) is 0.238. The van der Waals surface area contributed by atoms with E-state index in [4.69, 9.17) is 13.9 Å². The number of esters is 2. The summed E-state index contributed by atoms with van der Waals surface area (Å²) in [4.78, 5) is 43.4. The van der Waals surface area contributed by atoms with Crippen LogP contribution in [-0.2, 0) is 14.3 Å². The number of aromatic nitrogens is 2. The predicted octanol–water partition coefficient (Wildman–Crippen LogP) is 3.39. The largest absolute Gasteiger partial charge is 0.462 e. The summed E-state index contributed by atoms with van der Waals surface area (Å²) >= 11 is 0. The minimum Gasteiger partial charge on any atom is -0.462 e. The fourth-order valence-corrected chi connectivity index (χ4v) is 2.90. The van der Waals surface area contributed by atoms with Gasteiger partial charge in [-0.25, -0.2) is 14.6 Å². The Bertz CT molecular complexity index is 1070. The molecule has 0 aliphatic heterocycles. The van der Waals surface area contributed by atoms with Gasteiger partial charge in [0.1, 0.15) is 5.52 Å². The van der Waals surface area contributed by atoms with Gasteiger partial charge in [0, 0.05) is 17.8 Å². The van der Waals surface area contributed by atoms with Crippen LogP contribution in [0.3, 0.4) is 0 Å². The van der Waals surface area contributed by atoms with Gasteiger partial charge >= 0.3 is 11.9 Å². The van der Waals surface area contributed by atoms with Gasteiger partial charge in [-0.3, -0.25) is 4.79 Å². The van der Waals surface area contributed by atoms with Gasteiger partial charge in [0.2, 0.25) is 11.7 Å². The van der Waals surface area contributed by atoms with Crippen molar-refractivity contribution in [2.24, 2.45) is 0 Å². The molecule has 1 aromatic carbocycles. The molecule has 3 aromatic rings. The molecule has 3 rings (SSSR count). The lowest BCUT2D eigenvalue weighted by molar-refractivity contribution is -0.136. The lowest BCUT2D eigenvalue weighted by Gasteiger charge is -2.03. The Morgan fingerprint density at radius 3 is 2.66 bits per heavy atom. The van der Waals surface area contributed by atoms with Crippen molar-refractivity contribution >= 4 is 34.9 Å². The van der Waals surface area contributed by atoms with E-state index in [2.05, 4.69) is 9.97 Å². The van der Waals surface area contributed by atoms with E-state index in [1.807, 2.05) is 12.1 Å². The van der Waals surface area contributed by atoms with E-state index in [0.717, 1.165) is 6.08 Å². The Morgan fingerprint density at radius 2 is 1.93 bits per heavy atom. The normalized spacial score (nSPS) is 11.1. The number of hydrogen-bond donors (Lipinski definition) is 1. The zero-order chi connectivity index (χ0) is 21.0. The maximum Gasteiger partial charge on any atom is 0.340 e. The van der Waals surface area contributed by atoms with Crippen LogP contribution in [0.15, 0.2) is 34.8 Å². The number of ether oxygens (including phenoxy) is 2. The molecule has 8 heteroatoms. The molecule has 0 spiro atoms. The van der Waals surface area contributed by atoms with E-state index >= 15 is 0 Å². The van der Waals surface area contributed by atoms with Crippen LogP contribution in [-0.4, -0.2) is 40.9 Å². The van der Waals surface area contributed by atoms with E-state index in [1.54, 1.807) is 32.9 Å². The predicted molar refractivity (Wildman–Crippen MR) is 105 cm³/mol. The Labute approximate surface area is 166 Å². The summed E-state index contributed by atoms with van der Waals surface area (Å²) in [5.74, 6) is -1.42. The summed E-state index contributed by atoms with van der Waals surface area (Å²) in [6.45, 7) is 4.77. The maximum absolute atomic E-state index is 12.4. The number of H-pyrrole nitrogens is 1. The lowest BCUT2D eigenvalue weighted by atomic mass is 10.1. The highest BCUT2D eigenvalue weighted by molar-refractivity contribution is 6.03. The van der Waals surface area contributed by atoms with Crippen molar-refractivity contribution in [3.63, 3.8) is 0 Å². The average molecular weight is 396 g/mol. The molecular formula is C21H20N2O6. The first-order valence-corrected chi connectivity index (χ1v) is 9.00. The van der Waals surface area contributed by atoms with Gasteiger partial charge in [0.25, 0.3) is 0 Å². The molecular weight excluding hydrogens is 376 g/mol. The highest BCUT2D eigenvalue weighted by Gasteiger charge is 2.23. The number of benzene rings is 1. The van der Waals surface area contributed by atoms with Crippen LogP contribution in [0.5, 0.6) is 0 Å². The number of fused-ring (bicyclic) bond motifs is 1. The summed E-state index contributed by atoms with van der Waals surface area (Å²) in [5.41, 5.74) is 2.78. The van der Waals surface area contributed by atoms with Gasteiger partial charge in [-0.05, 0) is 38.5 Å². The second kappa shape index (κ2) is 8.55. The quantitative estimate of drug-likeness (QED) is 0.370. The van der Waals surface area contributed by atoms with Crippen LogP contribution < -0.4 is 0 Å². The number of aryl methyl sites for hydroxylation is 1. The summed E-state index contributed by atoms with van der Waals surface area (Å²) in [7, 11) is 0. The van der Waals surface area contributed by atoms with Crippen molar-refractivity contribution in [2.75, 3.05) is 13.2 Å². The number of ketones is 1. The van der Waals surface area contributed by atoms with Crippen LogP contribution in [0, 0.1) is 13.8 Å². The van der Waals surface area contributed by atoms with E-state index in [0.29, 0.717) is 27.9 Å². The Morgan fingerprint density at radius 1 is 1.17 bits per heavy atom. The third-order valence-electron chi connectivity index (χ3n) is 4.21. The standard InChI is InChI=1S/C21H20N2O6/c1-4-27-21(26)19-12(2)20(22-13(19)3)15(24)11-28-18(25)10-9-17-23-14-7-5-6-8-16(14)29-17/h5-10,22H,4,11H2,1-3H3/b10-9+. The fourth-order valence-electron chi connectivity index (χ4n) is 2.90. The Hall–Kier alpha value is -3.68. The highest BCUT2D eigenvalue weighted by atomic mass is 16.5. The Kier molecular flexibility index (Phi) is 5.92. The van der Waals surface area contributed by atoms with Crippen LogP contribution in [0.25, 0.3) is 17.2 Å². The van der Waals surface area contributed by atoms with Gasteiger partial charge in [-0.15, -0.1) is 0 Å². The first-order chi connectivity index (χ1) is 13.9. The molecule has 8 nitrogen and oxygen atoms in total. The highest BCUT2D eigenvalue weighted by Crippen LogP contribution is 2.20. The second-order valence-electron chi connectivity index (χ2n) is 6.23. The van der Waals surface area contributed by atoms with Crippen molar-refractivity contribution in [1.82, 2.24) is 9.97 Å². The smallest absolute Gasteiger partial charge is 0.340 e.